The molecule has 0 radical (unpaired) electrons. The Balaban J connectivity index is -0.0000000129. The summed E-state index contributed by atoms with van der Waals surface area (Å²) in [4.78, 5) is 0. The Morgan fingerprint density at radius 3 is 0.429 bits per heavy atom. The maximum absolute atomic E-state index is 8.89. The van der Waals surface area contributed by atoms with Crippen LogP contribution in [0.5, 0.6) is 0 Å². The van der Waals surface area contributed by atoms with Crippen molar-refractivity contribution in [3.05, 3.63) is 0 Å². The van der Waals surface area contributed by atoms with Gasteiger partial charge in [0.15, 0.2) is 0 Å². The largest absolute Gasteiger partial charge is 1.00 e. The van der Waals surface area contributed by atoms with Gasteiger partial charge < -0.3 is 48.6 Å². The normalized spacial score (nSPS) is 8.29. The molecule has 0 aliphatic rings. The standard InChI is InChI=1S/6Cu.3H2O3S2/c;;;;;;3*1-5(2,3)4/h;;;;;;3*(H2,1,2,3,4)/q6*+1;;;/p-6. The van der Waals surface area contributed by atoms with E-state index in [2.05, 4.69) is 35.0 Å². The molecule has 0 amide bonds. The van der Waals surface area contributed by atoms with Gasteiger partial charge in [-0.2, -0.15) is 0 Å². The van der Waals surface area contributed by atoms with E-state index in [1.165, 1.54) is 0 Å². The molecule has 9 nitrogen and oxygen atoms in total. The SMILES string of the molecule is O=S(=O)([O-])[S-].O=S(=O)([O-])[S-].O=S(=O)([O-])[S-].[Cu+].[Cu+].[Cu+].[Cu+].[Cu+].[Cu+]. The van der Waals surface area contributed by atoms with E-state index in [9.17, 15) is 0 Å². The van der Waals surface area contributed by atoms with Crippen LogP contribution in [-0.4, -0.2) is 38.9 Å². The van der Waals surface area contributed by atoms with Gasteiger partial charge in [-0.25, -0.2) is 0 Å². The van der Waals surface area contributed by atoms with E-state index in [4.69, 9.17) is 38.9 Å². The fourth-order valence-corrected chi connectivity index (χ4v) is 0. The van der Waals surface area contributed by atoms with Crippen molar-refractivity contribution in [3.8, 4) is 0 Å². The third-order valence-electron chi connectivity index (χ3n) is 0. The minimum Gasteiger partial charge on any atom is -0.768 e. The van der Waals surface area contributed by atoms with E-state index in [1.54, 1.807) is 0 Å². The monoisotopic (exact) mass is 713 g/mol. The summed E-state index contributed by atoms with van der Waals surface area (Å²) in [5, 5.41) is 0. The molecular weight excluding hydrogens is 718 g/mol. The molecule has 21 heavy (non-hydrogen) atoms. The first-order chi connectivity index (χ1) is 6.00. The van der Waals surface area contributed by atoms with Crippen LogP contribution in [0.1, 0.15) is 0 Å². The molecule has 0 rings (SSSR count). The Morgan fingerprint density at radius 1 is 0.429 bits per heavy atom. The first kappa shape index (κ1) is 56.3. The van der Waals surface area contributed by atoms with Crippen molar-refractivity contribution in [3.63, 3.8) is 0 Å². The summed E-state index contributed by atoms with van der Waals surface area (Å²) in [5.74, 6) is 0. The molecule has 0 aliphatic carbocycles. The third kappa shape index (κ3) is 755. The van der Waals surface area contributed by atoms with Crippen LogP contribution >= 0.6 is 0 Å². The van der Waals surface area contributed by atoms with Crippen LogP contribution in [0, 0.1) is 0 Å². The predicted octanol–water partition coefficient (Wildman–Crippen LogP) is -3.03. The van der Waals surface area contributed by atoms with E-state index >= 15 is 0 Å². The average Bonchev–Trinajstić information content (AvgIpc) is 1.41. The summed E-state index contributed by atoms with van der Waals surface area (Å²) in [6.07, 6.45) is 0. The van der Waals surface area contributed by atoms with Gasteiger partial charge in [0, 0.05) is 0 Å². The zero-order chi connectivity index (χ0) is 13.5. The molecule has 0 atom stereocenters. The second kappa shape index (κ2) is 26.1. The molecule has 0 aliphatic heterocycles. The van der Waals surface area contributed by atoms with Crippen LogP contribution in [0.15, 0.2) is 0 Å². The Hall–Kier alpha value is 3.90. The molecule has 0 N–H and O–H groups in total. The molecule has 0 saturated carbocycles. The summed E-state index contributed by atoms with van der Waals surface area (Å²) in [5.41, 5.74) is 0. The van der Waals surface area contributed by atoms with Crippen LogP contribution in [0.25, 0.3) is 0 Å². The van der Waals surface area contributed by atoms with Crippen LogP contribution in [0.2, 0.25) is 0 Å². The molecular formula is Cu6O9S6. The first-order valence-corrected chi connectivity index (χ1v) is 9.00. The molecule has 0 heterocycles. The number of hydrogen-bond acceptors (Lipinski definition) is 12. The molecule has 21 heteroatoms. The van der Waals surface area contributed by atoms with Gasteiger partial charge in [-0.3, -0.25) is 25.3 Å². The Labute approximate surface area is 201 Å². The molecule has 0 bridgehead atoms. The van der Waals surface area contributed by atoms with Crippen molar-refractivity contribution >= 4 is 62.4 Å². The van der Waals surface area contributed by atoms with Crippen molar-refractivity contribution in [1.29, 1.82) is 0 Å². The molecule has 0 aromatic heterocycles. The Bertz CT molecular complexity index is 354. The van der Waals surface area contributed by atoms with Gasteiger partial charge in [0.25, 0.3) is 0 Å². The van der Waals surface area contributed by atoms with Gasteiger partial charge in [0.1, 0.15) is 0 Å². The van der Waals surface area contributed by atoms with E-state index in [0.29, 0.717) is 0 Å². The zero-order valence-electron chi connectivity index (χ0n) is 7.93. The van der Waals surface area contributed by atoms with Crippen LogP contribution in [-0.2, 0) is 165 Å². The number of rotatable bonds is 0. The molecule has 0 unspecified atom stereocenters. The van der Waals surface area contributed by atoms with E-state index in [0.717, 1.165) is 0 Å². The van der Waals surface area contributed by atoms with Gasteiger partial charge in [-0.1, -0.05) is 0 Å². The van der Waals surface area contributed by atoms with Crippen LogP contribution < -0.4 is 0 Å². The smallest absolute Gasteiger partial charge is 0.768 e. The fourth-order valence-electron chi connectivity index (χ4n) is 0. The van der Waals surface area contributed by atoms with Crippen molar-refractivity contribution in [2.24, 2.45) is 0 Å². The molecule has 156 valence electrons. The topological polar surface area (TPSA) is 172 Å². The Kier molecular flexibility index (Phi) is 70.0. The molecule has 0 saturated heterocycles. The molecule has 0 spiro atoms. The van der Waals surface area contributed by atoms with E-state index in [-0.39, 0.29) is 102 Å². The minimum absolute atomic E-state index is 0. The van der Waals surface area contributed by atoms with E-state index in [1.807, 2.05) is 0 Å². The van der Waals surface area contributed by atoms with Crippen molar-refractivity contribution < 1.29 is 141 Å². The van der Waals surface area contributed by atoms with Crippen molar-refractivity contribution in [2.75, 3.05) is 0 Å². The molecule has 0 fully saturated rings. The zero-order valence-corrected chi connectivity index (χ0v) is 18.5. The fraction of sp³-hybridized carbons (Fsp3) is 0. The Morgan fingerprint density at radius 2 is 0.429 bits per heavy atom. The molecule has 0 aromatic carbocycles. The third-order valence-corrected chi connectivity index (χ3v) is 0. The van der Waals surface area contributed by atoms with Gasteiger partial charge >= 0.3 is 102 Å². The maximum atomic E-state index is 8.89. The second-order valence-electron chi connectivity index (χ2n) is 1.22. The predicted molar refractivity (Wildman–Crippen MR) is 51.2 cm³/mol. The van der Waals surface area contributed by atoms with Crippen molar-refractivity contribution in [2.45, 2.75) is 0 Å². The number of hydrogen-bond donors (Lipinski definition) is 0. The van der Waals surface area contributed by atoms with Gasteiger partial charge in [0.05, 0.1) is 0 Å². The van der Waals surface area contributed by atoms with Crippen LogP contribution in [0.3, 0.4) is 0 Å². The molecule has 0 aromatic rings. The van der Waals surface area contributed by atoms with Crippen molar-refractivity contribution in [1.82, 2.24) is 0 Å². The maximum Gasteiger partial charge on any atom is 1.00 e. The summed E-state index contributed by atoms with van der Waals surface area (Å²) < 4.78 is 80.0. The van der Waals surface area contributed by atoms with Gasteiger partial charge in [-0.15, -0.1) is 0 Å². The second-order valence-corrected chi connectivity index (χ2v) is 7.35. The first-order valence-electron chi connectivity index (χ1n) is 2.00. The summed E-state index contributed by atoms with van der Waals surface area (Å²) in [6, 6.07) is 0. The van der Waals surface area contributed by atoms with Crippen LogP contribution in [0.4, 0.5) is 0 Å². The quantitative estimate of drug-likeness (QED) is 0.108. The summed E-state index contributed by atoms with van der Waals surface area (Å²) in [7, 11) is -13.0. The minimum atomic E-state index is -4.33. The van der Waals surface area contributed by atoms with E-state index < -0.39 is 27.5 Å². The van der Waals surface area contributed by atoms with Gasteiger partial charge in [-0.05, 0) is 27.5 Å². The summed E-state index contributed by atoms with van der Waals surface area (Å²) in [6.45, 7) is 0. The average molecular weight is 718 g/mol. The summed E-state index contributed by atoms with van der Waals surface area (Å²) >= 11 is 9.73. The van der Waals surface area contributed by atoms with Gasteiger partial charge in [0.2, 0.25) is 0 Å².